The Labute approximate surface area is 103 Å². The standard InChI is InChI=1S/C13H23N3O/c1-3-7-16(12-5-4-6-14-9-12)10-13-8-11(2)15-17-13/h8,12,14H,3-7,9-10H2,1-2H3. The molecule has 0 spiro atoms. The molecule has 0 radical (unpaired) electrons. The van der Waals surface area contributed by atoms with Gasteiger partial charge >= 0.3 is 0 Å². The molecule has 1 unspecified atom stereocenters. The fourth-order valence-electron chi connectivity index (χ4n) is 2.51. The Balaban J connectivity index is 1.95. The summed E-state index contributed by atoms with van der Waals surface area (Å²) in [6.45, 7) is 8.49. The van der Waals surface area contributed by atoms with E-state index in [1.54, 1.807) is 0 Å². The third-order valence-corrected chi connectivity index (χ3v) is 3.33. The highest BCUT2D eigenvalue weighted by molar-refractivity contribution is 5.03. The molecule has 1 fully saturated rings. The van der Waals surface area contributed by atoms with Gasteiger partial charge in [0, 0.05) is 18.7 Å². The molecule has 1 N–H and O–H groups in total. The van der Waals surface area contributed by atoms with Crippen LogP contribution in [0.4, 0.5) is 0 Å². The van der Waals surface area contributed by atoms with Gasteiger partial charge in [0.05, 0.1) is 12.2 Å². The van der Waals surface area contributed by atoms with Crippen LogP contribution in [0.1, 0.15) is 37.6 Å². The van der Waals surface area contributed by atoms with E-state index in [0.717, 1.165) is 37.6 Å². The van der Waals surface area contributed by atoms with Gasteiger partial charge < -0.3 is 9.84 Å². The second kappa shape index (κ2) is 6.17. The Kier molecular flexibility index (Phi) is 4.57. The Morgan fingerprint density at radius 2 is 2.47 bits per heavy atom. The van der Waals surface area contributed by atoms with Gasteiger partial charge in [0.1, 0.15) is 0 Å². The van der Waals surface area contributed by atoms with Crippen molar-refractivity contribution in [2.45, 2.75) is 45.7 Å². The van der Waals surface area contributed by atoms with Crippen LogP contribution in [0.25, 0.3) is 0 Å². The second-order valence-corrected chi connectivity index (χ2v) is 4.91. The van der Waals surface area contributed by atoms with Crippen LogP contribution in [-0.2, 0) is 6.54 Å². The number of aryl methyl sites for hydroxylation is 1. The molecule has 0 amide bonds. The van der Waals surface area contributed by atoms with Crippen LogP contribution in [0.15, 0.2) is 10.6 Å². The van der Waals surface area contributed by atoms with Crippen molar-refractivity contribution in [3.8, 4) is 0 Å². The minimum absolute atomic E-state index is 0.647. The average Bonchev–Trinajstić information content (AvgIpc) is 2.75. The average molecular weight is 237 g/mol. The molecule has 0 bridgehead atoms. The van der Waals surface area contributed by atoms with Crippen molar-refractivity contribution in [2.24, 2.45) is 0 Å². The van der Waals surface area contributed by atoms with Gasteiger partial charge in [-0.15, -0.1) is 0 Å². The van der Waals surface area contributed by atoms with Crippen LogP contribution in [0.2, 0.25) is 0 Å². The summed E-state index contributed by atoms with van der Waals surface area (Å²) in [7, 11) is 0. The predicted molar refractivity (Wildman–Crippen MR) is 67.8 cm³/mol. The first-order chi connectivity index (χ1) is 8.29. The lowest BCUT2D eigenvalue weighted by molar-refractivity contribution is 0.143. The number of hydrogen-bond donors (Lipinski definition) is 1. The number of nitrogens with one attached hydrogen (secondary N) is 1. The third kappa shape index (κ3) is 3.54. The van der Waals surface area contributed by atoms with Crippen molar-refractivity contribution in [1.82, 2.24) is 15.4 Å². The Morgan fingerprint density at radius 3 is 3.06 bits per heavy atom. The summed E-state index contributed by atoms with van der Waals surface area (Å²) >= 11 is 0. The lowest BCUT2D eigenvalue weighted by Crippen LogP contribution is -2.45. The first-order valence-corrected chi connectivity index (χ1v) is 6.66. The van der Waals surface area contributed by atoms with Crippen molar-refractivity contribution in [1.29, 1.82) is 0 Å². The smallest absolute Gasteiger partial charge is 0.150 e. The molecular formula is C13H23N3O. The van der Waals surface area contributed by atoms with Gasteiger partial charge in [-0.3, -0.25) is 4.90 Å². The normalized spacial score (nSPS) is 21.0. The molecule has 1 atom stereocenters. The summed E-state index contributed by atoms with van der Waals surface area (Å²) in [5.41, 5.74) is 0.971. The van der Waals surface area contributed by atoms with Crippen molar-refractivity contribution >= 4 is 0 Å². The van der Waals surface area contributed by atoms with Gasteiger partial charge in [-0.05, 0) is 39.3 Å². The predicted octanol–water partition coefficient (Wildman–Crippen LogP) is 1.95. The summed E-state index contributed by atoms with van der Waals surface area (Å²) in [6, 6.07) is 2.69. The second-order valence-electron chi connectivity index (χ2n) is 4.91. The third-order valence-electron chi connectivity index (χ3n) is 3.33. The maximum Gasteiger partial charge on any atom is 0.150 e. The molecule has 1 aliphatic rings. The summed E-state index contributed by atoms with van der Waals surface area (Å²) < 4.78 is 5.32. The highest BCUT2D eigenvalue weighted by Crippen LogP contribution is 2.15. The van der Waals surface area contributed by atoms with Crippen LogP contribution >= 0.6 is 0 Å². The Morgan fingerprint density at radius 1 is 1.59 bits per heavy atom. The summed E-state index contributed by atoms with van der Waals surface area (Å²) in [5.74, 6) is 0.988. The van der Waals surface area contributed by atoms with Crippen molar-refractivity contribution in [2.75, 3.05) is 19.6 Å². The zero-order chi connectivity index (χ0) is 12.1. The van der Waals surface area contributed by atoms with E-state index >= 15 is 0 Å². The van der Waals surface area contributed by atoms with E-state index in [9.17, 15) is 0 Å². The zero-order valence-electron chi connectivity index (χ0n) is 10.9. The first-order valence-electron chi connectivity index (χ1n) is 6.66. The molecule has 0 aliphatic carbocycles. The van der Waals surface area contributed by atoms with Crippen LogP contribution in [0, 0.1) is 6.92 Å². The quantitative estimate of drug-likeness (QED) is 0.850. The molecule has 0 aromatic carbocycles. The van der Waals surface area contributed by atoms with Gasteiger partial charge in [0.2, 0.25) is 0 Å². The minimum atomic E-state index is 0.647. The van der Waals surface area contributed by atoms with Gasteiger partial charge in [0.15, 0.2) is 5.76 Å². The summed E-state index contributed by atoms with van der Waals surface area (Å²) in [5, 5.41) is 7.43. The molecule has 1 aliphatic heterocycles. The first kappa shape index (κ1) is 12.6. The van der Waals surface area contributed by atoms with E-state index in [1.807, 2.05) is 13.0 Å². The molecule has 0 saturated carbocycles. The summed E-state index contributed by atoms with van der Waals surface area (Å²) in [6.07, 6.45) is 3.75. The van der Waals surface area contributed by atoms with E-state index in [4.69, 9.17) is 4.52 Å². The van der Waals surface area contributed by atoms with Gasteiger partial charge in [-0.1, -0.05) is 12.1 Å². The fourth-order valence-corrected chi connectivity index (χ4v) is 2.51. The van der Waals surface area contributed by atoms with Gasteiger partial charge in [-0.25, -0.2) is 0 Å². The molecule has 2 rings (SSSR count). The van der Waals surface area contributed by atoms with E-state index in [-0.39, 0.29) is 0 Å². The molecule has 1 saturated heterocycles. The van der Waals surface area contributed by atoms with Crippen LogP contribution in [0.5, 0.6) is 0 Å². The molecule has 17 heavy (non-hydrogen) atoms. The SMILES string of the molecule is CCCN(Cc1cc(C)no1)C1CCCNC1. The number of aromatic nitrogens is 1. The number of hydrogen-bond acceptors (Lipinski definition) is 4. The van der Waals surface area contributed by atoms with E-state index in [0.29, 0.717) is 6.04 Å². The Bertz CT molecular complexity index is 331. The maximum absolute atomic E-state index is 5.32. The van der Waals surface area contributed by atoms with Crippen molar-refractivity contribution in [3.05, 3.63) is 17.5 Å². The van der Waals surface area contributed by atoms with E-state index in [1.165, 1.54) is 19.3 Å². The van der Waals surface area contributed by atoms with Gasteiger partial charge in [-0.2, -0.15) is 0 Å². The number of nitrogens with zero attached hydrogens (tertiary/aromatic N) is 2. The molecule has 4 nitrogen and oxygen atoms in total. The highest BCUT2D eigenvalue weighted by Gasteiger charge is 2.21. The van der Waals surface area contributed by atoms with Crippen LogP contribution in [-0.4, -0.2) is 35.7 Å². The summed E-state index contributed by atoms with van der Waals surface area (Å²) in [4.78, 5) is 2.52. The van der Waals surface area contributed by atoms with Crippen LogP contribution < -0.4 is 5.32 Å². The number of piperidine rings is 1. The lowest BCUT2D eigenvalue weighted by atomic mass is 10.1. The Hall–Kier alpha value is -0.870. The monoisotopic (exact) mass is 237 g/mol. The molecular weight excluding hydrogens is 214 g/mol. The molecule has 4 heteroatoms. The fraction of sp³-hybridized carbons (Fsp3) is 0.769. The minimum Gasteiger partial charge on any atom is -0.360 e. The van der Waals surface area contributed by atoms with E-state index in [2.05, 4.69) is 22.3 Å². The lowest BCUT2D eigenvalue weighted by Gasteiger charge is -2.33. The molecule has 2 heterocycles. The molecule has 1 aromatic heterocycles. The zero-order valence-corrected chi connectivity index (χ0v) is 10.9. The highest BCUT2D eigenvalue weighted by atomic mass is 16.5. The number of rotatable bonds is 5. The topological polar surface area (TPSA) is 41.3 Å². The van der Waals surface area contributed by atoms with Crippen molar-refractivity contribution < 1.29 is 4.52 Å². The molecule has 96 valence electrons. The maximum atomic E-state index is 5.32. The van der Waals surface area contributed by atoms with Gasteiger partial charge in [0.25, 0.3) is 0 Å². The largest absolute Gasteiger partial charge is 0.360 e. The van der Waals surface area contributed by atoms with Crippen LogP contribution in [0.3, 0.4) is 0 Å². The molecule has 1 aromatic rings. The van der Waals surface area contributed by atoms with Crippen molar-refractivity contribution in [3.63, 3.8) is 0 Å². The van der Waals surface area contributed by atoms with E-state index < -0.39 is 0 Å².